The van der Waals surface area contributed by atoms with Crippen molar-refractivity contribution in [2.45, 2.75) is 0 Å². The van der Waals surface area contributed by atoms with E-state index in [1.54, 1.807) is 22.9 Å². The van der Waals surface area contributed by atoms with Gasteiger partial charge >= 0.3 is 5.97 Å². The Morgan fingerprint density at radius 2 is 2.20 bits per heavy atom. The monoisotopic (exact) mass is 275 g/mol. The van der Waals surface area contributed by atoms with Crippen molar-refractivity contribution >= 4 is 29.0 Å². The van der Waals surface area contributed by atoms with Gasteiger partial charge in [0.25, 0.3) is 6.01 Å². The number of benzene rings is 1. The van der Waals surface area contributed by atoms with Crippen LogP contribution >= 0.6 is 0 Å². The molecule has 0 unspecified atom stereocenters. The first-order valence-electron chi connectivity index (χ1n) is 6.17. The molecule has 1 N–H and O–H groups in total. The first-order chi connectivity index (χ1) is 9.54. The van der Waals surface area contributed by atoms with Crippen LogP contribution < -0.4 is 4.90 Å². The molecule has 20 heavy (non-hydrogen) atoms. The van der Waals surface area contributed by atoms with Crippen molar-refractivity contribution in [1.29, 1.82) is 0 Å². The fourth-order valence-electron chi connectivity index (χ4n) is 2.10. The third-order valence-electron chi connectivity index (χ3n) is 3.35. The van der Waals surface area contributed by atoms with Crippen molar-refractivity contribution in [3.63, 3.8) is 0 Å². The lowest BCUT2D eigenvalue weighted by molar-refractivity contribution is -0.129. The van der Waals surface area contributed by atoms with Gasteiger partial charge in [0.1, 0.15) is 12.1 Å². The number of carbonyl (C=O) groups excluding carboxylic acids is 1. The summed E-state index contributed by atoms with van der Waals surface area (Å²) in [4.78, 5) is 30.3. The molecule has 0 aliphatic carbocycles. The topological polar surface area (TPSA) is 86.9 Å². The molecular formula is C13H13N3O4. The van der Waals surface area contributed by atoms with E-state index < -0.39 is 5.97 Å². The van der Waals surface area contributed by atoms with Crippen molar-refractivity contribution in [1.82, 2.24) is 9.88 Å². The Morgan fingerprint density at radius 3 is 2.90 bits per heavy atom. The summed E-state index contributed by atoms with van der Waals surface area (Å²) < 4.78 is 5.56. The van der Waals surface area contributed by atoms with Crippen molar-refractivity contribution in [2.24, 2.45) is 0 Å². The summed E-state index contributed by atoms with van der Waals surface area (Å²) >= 11 is 0. The number of oxazole rings is 1. The Hall–Kier alpha value is -2.57. The molecule has 2 aromatic rings. The predicted molar refractivity (Wildman–Crippen MR) is 70.8 cm³/mol. The van der Waals surface area contributed by atoms with Crippen LogP contribution in [0.15, 0.2) is 22.6 Å². The second-order valence-electron chi connectivity index (χ2n) is 4.72. The van der Waals surface area contributed by atoms with Crippen LogP contribution in [0, 0.1) is 0 Å². The summed E-state index contributed by atoms with van der Waals surface area (Å²) in [5.41, 5.74) is 1.14. The maximum absolute atomic E-state index is 11.7. The summed E-state index contributed by atoms with van der Waals surface area (Å²) in [6.07, 6.45) is 0. The Labute approximate surface area is 114 Å². The number of carbonyl (C=O) groups is 2. The zero-order valence-electron chi connectivity index (χ0n) is 10.9. The van der Waals surface area contributed by atoms with Crippen LogP contribution in [0.4, 0.5) is 6.01 Å². The van der Waals surface area contributed by atoms with Gasteiger partial charge in [-0.25, -0.2) is 4.79 Å². The zero-order chi connectivity index (χ0) is 14.3. The minimum atomic E-state index is -1.01. The molecule has 1 aliphatic heterocycles. The van der Waals surface area contributed by atoms with Crippen LogP contribution in [-0.4, -0.2) is 53.5 Å². The SMILES string of the molecule is CN1CCN(c2nc3ccc(C(=O)O)cc3o2)CC1=O. The van der Waals surface area contributed by atoms with Gasteiger partial charge in [0.15, 0.2) is 5.58 Å². The van der Waals surface area contributed by atoms with Crippen molar-refractivity contribution in [3.8, 4) is 0 Å². The van der Waals surface area contributed by atoms with E-state index >= 15 is 0 Å². The molecule has 1 aliphatic rings. The molecule has 7 heteroatoms. The van der Waals surface area contributed by atoms with Crippen LogP contribution in [0.5, 0.6) is 0 Å². The smallest absolute Gasteiger partial charge is 0.335 e. The molecule has 1 aromatic carbocycles. The number of anilines is 1. The molecule has 1 amide bonds. The van der Waals surface area contributed by atoms with E-state index in [1.165, 1.54) is 12.1 Å². The fourth-order valence-corrected chi connectivity index (χ4v) is 2.10. The van der Waals surface area contributed by atoms with Gasteiger partial charge in [0.2, 0.25) is 5.91 Å². The lowest BCUT2D eigenvalue weighted by Gasteiger charge is -2.30. The lowest BCUT2D eigenvalue weighted by atomic mass is 10.2. The maximum Gasteiger partial charge on any atom is 0.335 e. The number of rotatable bonds is 2. The first-order valence-corrected chi connectivity index (χ1v) is 6.17. The number of carboxylic acid groups (broad SMARTS) is 1. The Balaban J connectivity index is 1.93. The van der Waals surface area contributed by atoms with Gasteiger partial charge in [0.05, 0.1) is 5.56 Å². The second kappa shape index (κ2) is 4.52. The summed E-state index contributed by atoms with van der Waals surface area (Å²) in [6.45, 7) is 1.47. The third-order valence-corrected chi connectivity index (χ3v) is 3.35. The van der Waals surface area contributed by atoms with Gasteiger partial charge in [-0.05, 0) is 18.2 Å². The van der Waals surface area contributed by atoms with Gasteiger partial charge in [-0.2, -0.15) is 4.98 Å². The molecule has 2 heterocycles. The molecular weight excluding hydrogens is 262 g/mol. The van der Waals surface area contributed by atoms with Gasteiger partial charge in [-0.15, -0.1) is 0 Å². The molecule has 0 atom stereocenters. The van der Waals surface area contributed by atoms with Crippen molar-refractivity contribution < 1.29 is 19.1 Å². The third kappa shape index (κ3) is 2.07. The largest absolute Gasteiger partial charge is 0.478 e. The fraction of sp³-hybridized carbons (Fsp3) is 0.308. The molecule has 1 fully saturated rings. The summed E-state index contributed by atoms with van der Waals surface area (Å²) in [5, 5.41) is 8.94. The van der Waals surface area contributed by atoms with Crippen LogP contribution in [0.3, 0.4) is 0 Å². The highest BCUT2D eigenvalue weighted by atomic mass is 16.4. The molecule has 0 bridgehead atoms. The summed E-state index contributed by atoms with van der Waals surface area (Å²) in [7, 11) is 1.75. The molecule has 1 aromatic heterocycles. The number of fused-ring (bicyclic) bond motifs is 1. The number of amides is 1. The number of aromatic nitrogens is 1. The number of piperazine rings is 1. The minimum Gasteiger partial charge on any atom is -0.478 e. The highest BCUT2D eigenvalue weighted by Crippen LogP contribution is 2.23. The number of hydrogen-bond donors (Lipinski definition) is 1. The van der Waals surface area contributed by atoms with Crippen LogP contribution in [0.2, 0.25) is 0 Å². The zero-order valence-corrected chi connectivity index (χ0v) is 10.9. The number of nitrogens with zero attached hydrogens (tertiary/aromatic N) is 3. The van der Waals surface area contributed by atoms with E-state index in [-0.39, 0.29) is 18.0 Å². The summed E-state index contributed by atoms with van der Waals surface area (Å²) in [6, 6.07) is 4.87. The second-order valence-corrected chi connectivity index (χ2v) is 4.72. The number of carboxylic acids is 1. The maximum atomic E-state index is 11.7. The van der Waals surface area contributed by atoms with E-state index in [0.717, 1.165) is 0 Å². The molecule has 0 radical (unpaired) electrons. The van der Waals surface area contributed by atoms with E-state index in [2.05, 4.69) is 4.98 Å². The van der Waals surface area contributed by atoms with Gasteiger partial charge in [-0.1, -0.05) is 0 Å². The molecule has 1 saturated heterocycles. The highest BCUT2D eigenvalue weighted by Gasteiger charge is 2.24. The molecule has 0 saturated carbocycles. The minimum absolute atomic E-state index is 0.00438. The van der Waals surface area contributed by atoms with Crippen molar-refractivity contribution in [2.75, 3.05) is 31.6 Å². The van der Waals surface area contributed by atoms with Gasteiger partial charge < -0.3 is 19.3 Å². The Kier molecular flexibility index (Phi) is 2.81. The van der Waals surface area contributed by atoms with E-state index in [1.807, 2.05) is 0 Å². The van der Waals surface area contributed by atoms with E-state index in [9.17, 15) is 9.59 Å². The van der Waals surface area contributed by atoms with Crippen LogP contribution in [0.25, 0.3) is 11.1 Å². The average Bonchev–Trinajstić information content (AvgIpc) is 2.84. The quantitative estimate of drug-likeness (QED) is 0.872. The van der Waals surface area contributed by atoms with Gasteiger partial charge in [0, 0.05) is 20.1 Å². The normalized spacial score (nSPS) is 15.9. The number of likely N-dealkylation sites (N-methyl/N-ethyl adjacent to an activating group) is 1. The van der Waals surface area contributed by atoms with Crippen molar-refractivity contribution in [3.05, 3.63) is 23.8 Å². The van der Waals surface area contributed by atoms with E-state index in [0.29, 0.717) is 30.2 Å². The predicted octanol–water partition coefficient (Wildman–Crippen LogP) is 0.804. The molecule has 104 valence electrons. The van der Waals surface area contributed by atoms with Crippen LogP contribution in [-0.2, 0) is 4.79 Å². The summed E-state index contributed by atoms with van der Waals surface area (Å²) in [5.74, 6) is -1.01. The average molecular weight is 275 g/mol. The highest BCUT2D eigenvalue weighted by molar-refractivity contribution is 5.92. The number of hydrogen-bond acceptors (Lipinski definition) is 5. The Bertz CT molecular complexity index is 694. The first kappa shape index (κ1) is 12.5. The standard InChI is InChI=1S/C13H13N3O4/c1-15-4-5-16(7-11(15)17)13-14-9-3-2-8(12(18)19)6-10(9)20-13/h2-3,6H,4-5,7H2,1H3,(H,18,19). The van der Waals surface area contributed by atoms with E-state index in [4.69, 9.17) is 9.52 Å². The lowest BCUT2D eigenvalue weighted by Crippen LogP contribution is -2.48. The molecule has 0 spiro atoms. The molecule has 7 nitrogen and oxygen atoms in total. The van der Waals surface area contributed by atoms with Crippen LogP contribution in [0.1, 0.15) is 10.4 Å². The van der Waals surface area contributed by atoms with Gasteiger partial charge in [-0.3, -0.25) is 4.79 Å². The number of aromatic carboxylic acids is 1. The molecule has 3 rings (SSSR count). The Morgan fingerprint density at radius 1 is 1.40 bits per heavy atom.